The van der Waals surface area contributed by atoms with Gasteiger partial charge < -0.3 is 19.1 Å². The van der Waals surface area contributed by atoms with E-state index in [0.29, 0.717) is 25.2 Å². The summed E-state index contributed by atoms with van der Waals surface area (Å²) in [6, 6.07) is 4.38. The highest BCUT2D eigenvalue weighted by atomic mass is 16.5. The van der Waals surface area contributed by atoms with Gasteiger partial charge >= 0.3 is 0 Å². The Morgan fingerprint density at radius 1 is 1.07 bits per heavy atom. The zero-order chi connectivity index (χ0) is 19.1. The number of carbonyl (C=O) groups is 1. The number of nitrogens with zero attached hydrogens (tertiary/aromatic N) is 2. The molecule has 4 fully saturated rings. The van der Waals surface area contributed by atoms with E-state index in [-0.39, 0.29) is 5.92 Å². The van der Waals surface area contributed by atoms with Crippen LogP contribution < -0.4 is 14.2 Å². The summed E-state index contributed by atoms with van der Waals surface area (Å²) in [6.07, 6.45) is 5.64. The van der Waals surface area contributed by atoms with E-state index in [1.54, 1.807) is 7.11 Å². The second-order valence-electron chi connectivity index (χ2n) is 8.72. The fourth-order valence-corrected chi connectivity index (χ4v) is 4.86. The van der Waals surface area contributed by atoms with Gasteiger partial charge in [-0.3, -0.25) is 9.69 Å². The highest BCUT2D eigenvalue weighted by Crippen LogP contribution is 2.39. The molecule has 1 saturated carbocycles. The number of piperidine rings is 1. The van der Waals surface area contributed by atoms with Crippen molar-refractivity contribution in [1.29, 1.82) is 0 Å². The summed E-state index contributed by atoms with van der Waals surface area (Å²) >= 11 is 0. The number of ether oxygens (including phenoxy) is 3. The third kappa shape index (κ3) is 3.54. The van der Waals surface area contributed by atoms with E-state index in [1.165, 1.54) is 12.8 Å². The van der Waals surface area contributed by atoms with Crippen LogP contribution in [0, 0.1) is 11.8 Å². The smallest absolute Gasteiger partial charge is 0.227 e. The van der Waals surface area contributed by atoms with Crippen LogP contribution in [0.25, 0.3) is 0 Å². The molecule has 4 aliphatic heterocycles. The number of fused-ring (bicyclic) bond motifs is 5. The third-order valence-electron chi connectivity index (χ3n) is 6.57. The monoisotopic (exact) mass is 386 g/mol. The molecule has 152 valence electrons. The molecule has 6 nitrogen and oxygen atoms in total. The van der Waals surface area contributed by atoms with Gasteiger partial charge in [0.2, 0.25) is 5.91 Å². The maximum atomic E-state index is 13.0. The van der Waals surface area contributed by atoms with Crippen LogP contribution in [-0.4, -0.2) is 61.7 Å². The first-order valence-corrected chi connectivity index (χ1v) is 10.7. The van der Waals surface area contributed by atoms with Crippen LogP contribution in [0.5, 0.6) is 17.2 Å². The summed E-state index contributed by atoms with van der Waals surface area (Å²) in [5, 5.41) is 0. The van der Waals surface area contributed by atoms with Crippen LogP contribution in [0.4, 0.5) is 0 Å². The Morgan fingerprint density at radius 3 is 2.61 bits per heavy atom. The first-order valence-electron chi connectivity index (χ1n) is 10.7. The molecule has 1 aliphatic carbocycles. The SMILES string of the molecule is COc1cc2c(cc1CN1C[C@H]3CC[C@@H](C1)N(CC1CC1)C3=O)OCCCO2. The van der Waals surface area contributed by atoms with Crippen molar-refractivity contribution in [1.82, 2.24) is 9.80 Å². The van der Waals surface area contributed by atoms with Gasteiger partial charge in [0.05, 0.1) is 26.2 Å². The van der Waals surface area contributed by atoms with Crippen LogP contribution in [0.2, 0.25) is 0 Å². The number of benzene rings is 1. The molecule has 0 N–H and O–H groups in total. The lowest BCUT2D eigenvalue weighted by molar-refractivity contribution is -0.140. The second-order valence-corrected chi connectivity index (χ2v) is 8.72. The van der Waals surface area contributed by atoms with Crippen molar-refractivity contribution in [3.8, 4) is 17.2 Å². The zero-order valence-corrected chi connectivity index (χ0v) is 16.7. The van der Waals surface area contributed by atoms with Crippen molar-refractivity contribution < 1.29 is 19.0 Å². The molecule has 1 amide bonds. The summed E-state index contributed by atoms with van der Waals surface area (Å²) in [6.45, 7) is 4.89. The first kappa shape index (κ1) is 18.1. The predicted molar refractivity (Wildman–Crippen MR) is 105 cm³/mol. The summed E-state index contributed by atoms with van der Waals surface area (Å²) < 4.78 is 17.3. The topological polar surface area (TPSA) is 51.2 Å². The van der Waals surface area contributed by atoms with Crippen molar-refractivity contribution in [2.45, 2.75) is 44.7 Å². The van der Waals surface area contributed by atoms with Gasteiger partial charge in [0.25, 0.3) is 0 Å². The molecule has 0 aromatic heterocycles. The number of hydrogen-bond donors (Lipinski definition) is 0. The molecule has 1 aromatic carbocycles. The lowest BCUT2D eigenvalue weighted by Gasteiger charge is -2.36. The number of amides is 1. The Labute approximate surface area is 166 Å². The van der Waals surface area contributed by atoms with E-state index in [2.05, 4.69) is 15.9 Å². The van der Waals surface area contributed by atoms with E-state index >= 15 is 0 Å². The predicted octanol–water partition coefficient (Wildman–Crippen LogP) is 2.69. The largest absolute Gasteiger partial charge is 0.496 e. The standard InChI is InChI=1S/C22H30N2O4/c1-26-19-10-21-20(27-7-2-8-28-21)9-17(19)13-23-12-16-5-6-18(14-23)24(22(16)25)11-15-3-4-15/h9-10,15-16,18H,2-8,11-14H2,1H3/t16-,18+/m1/s1. The number of methoxy groups -OCH3 is 1. The van der Waals surface area contributed by atoms with Gasteiger partial charge in [-0.05, 0) is 37.7 Å². The van der Waals surface area contributed by atoms with Crippen molar-refractivity contribution in [3.63, 3.8) is 0 Å². The Kier molecular flexibility index (Phi) is 4.83. The summed E-state index contributed by atoms with van der Waals surface area (Å²) in [7, 11) is 1.70. The molecule has 3 saturated heterocycles. The van der Waals surface area contributed by atoms with Gasteiger partial charge in [-0.15, -0.1) is 0 Å². The molecule has 2 atom stereocenters. The minimum absolute atomic E-state index is 0.143. The van der Waals surface area contributed by atoms with Gasteiger partial charge in [-0.1, -0.05) is 0 Å². The highest BCUT2D eigenvalue weighted by Gasteiger charge is 2.42. The van der Waals surface area contributed by atoms with Crippen LogP contribution >= 0.6 is 0 Å². The van der Waals surface area contributed by atoms with E-state index in [0.717, 1.165) is 74.2 Å². The summed E-state index contributed by atoms with van der Waals surface area (Å²) in [5.41, 5.74) is 1.11. The quantitative estimate of drug-likeness (QED) is 0.779. The molecule has 0 radical (unpaired) electrons. The van der Waals surface area contributed by atoms with E-state index in [1.807, 2.05) is 6.07 Å². The average Bonchev–Trinajstić information content (AvgIpc) is 3.53. The molecule has 6 rings (SSSR count). The molecule has 28 heavy (non-hydrogen) atoms. The number of rotatable bonds is 5. The Balaban J connectivity index is 1.36. The molecule has 0 spiro atoms. The van der Waals surface area contributed by atoms with Crippen LogP contribution in [0.1, 0.15) is 37.7 Å². The average molecular weight is 386 g/mol. The molecule has 6 heteroatoms. The van der Waals surface area contributed by atoms with Gasteiger partial charge in [0.1, 0.15) is 5.75 Å². The van der Waals surface area contributed by atoms with Crippen molar-refractivity contribution in [2.24, 2.45) is 11.8 Å². The number of hydrogen-bond acceptors (Lipinski definition) is 5. The summed E-state index contributed by atoms with van der Waals surface area (Å²) in [5.74, 6) is 3.68. The lowest BCUT2D eigenvalue weighted by Crippen LogP contribution is -2.48. The lowest BCUT2D eigenvalue weighted by atomic mass is 9.94. The number of carbonyl (C=O) groups excluding carboxylic acids is 1. The Morgan fingerprint density at radius 2 is 1.86 bits per heavy atom. The van der Waals surface area contributed by atoms with Gasteiger partial charge in [-0.2, -0.15) is 0 Å². The molecular weight excluding hydrogens is 356 g/mol. The van der Waals surface area contributed by atoms with Crippen molar-refractivity contribution >= 4 is 5.91 Å². The van der Waals surface area contributed by atoms with E-state index in [9.17, 15) is 4.79 Å². The fraction of sp³-hybridized carbons (Fsp3) is 0.682. The van der Waals surface area contributed by atoms with Gasteiger partial charge in [0.15, 0.2) is 11.5 Å². The minimum Gasteiger partial charge on any atom is -0.496 e. The van der Waals surface area contributed by atoms with Crippen LogP contribution in [0.3, 0.4) is 0 Å². The maximum Gasteiger partial charge on any atom is 0.227 e. The van der Waals surface area contributed by atoms with E-state index < -0.39 is 0 Å². The zero-order valence-electron chi connectivity index (χ0n) is 16.7. The maximum absolute atomic E-state index is 13.0. The third-order valence-corrected chi connectivity index (χ3v) is 6.57. The van der Waals surface area contributed by atoms with Gasteiger partial charge in [-0.25, -0.2) is 0 Å². The van der Waals surface area contributed by atoms with Crippen molar-refractivity contribution in [3.05, 3.63) is 17.7 Å². The molecule has 2 bridgehead atoms. The summed E-state index contributed by atoms with van der Waals surface area (Å²) in [4.78, 5) is 17.6. The van der Waals surface area contributed by atoms with Crippen molar-refractivity contribution in [2.75, 3.05) is 40.0 Å². The van der Waals surface area contributed by atoms with Crippen LogP contribution in [-0.2, 0) is 11.3 Å². The normalized spacial score (nSPS) is 27.5. The first-order chi connectivity index (χ1) is 13.7. The molecule has 1 aromatic rings. The highest BCUT2D eigenvalue weighted by molar-refractivity contribution is 5.80. The minimum atomic E-state index is 0.143. The molecule has 5 aliphatic rings. The molecular formula is C22H30N2O4. The molecule has 0 unspecified atom stereocenters. The van der Waals surface area contributed by atoms with Gasteiger partial charge in [0, 0.05) is 50.3 Å². The fourth-order valence-electron chi connectivity index (χ4n) is 4.86. The Bertz CT molecular complexity index is 748. The Hall–Kier alpha value is -1.95. The van der Waals surface area contributed by atoms with Crippen LogP contribution in [0.15, 0.2) is 12.1 Å². The molecule has 4 heterocycles. The van der Waals surface area contributed by atoms with E-state index in [4.69, 9.17) is 14.2 Å². The second kappa shape index (κ2) is 7.47.